The quantitative estimate of drug-likeness (QED) is 0.806. The van der Waals surface area contributed by atoms with E-state index in [-0.39, 0.29) is 34.6 Å². The smallest absolute Gasteiger partial charge is 0.248 e. The van der Waals surface area contributed by atoms with Crippen LogP contribution < -0.4 is 4.90 Å². The first-order valence-electron chi connectivity index (χ1n) is 8.51. The second-order valence-corrected chi connectivity index (χ2v) is 10.7. The van der Waals surface area contributed by atoms with Gasteiger partial charge in [-0.1, -0.05) is 31.7 Å². The summed E-state index contributed by atoms with van der Waals surface area (Å²) < 4.78 is 24.1. The number of benzene rings is 1. The lowest BCUT2D eigenvalue weighted by atomic mass is 10.1. The fraction of sp³-hybridized carbons (Fsp3) is 0.556. The molecule has 0 N–H and O–H groups in total. The molecular formula is C18H24N2O3S2. The van der Waals surface area contributed by atoms with Crippen molar-refractivity contribution in [2.45, 2.75) is 45.4 Å². The fourth-order valence-corrected chi connectivity index (χ4v) is 7.17. The number of carbonyl (C=O) groups is 1. The molecule has 0 spiro atoms. The van der Waals surface area contributed by atoms with Crippen molar-refractivity contribution in [3.05, 3.63) is 29.3 Å². The Bertz CT molecular complexity index is 831. The van der Waals surface area contributed by atoms with E-state index in [0.717, 1.165) is 11.3 Å². The van der Waals surface area contributed by atoms with Crippen molar-refractivity contribution in [2.75, 3.05) is 16.4 Å². The molecule has 2 heterocycles. The maximum Gasteiger partial charge on any atom is 0.248 e. The number of aryl methyl sites for hydroxylation is 2. The van der Waals surface area contributed by atoms with Gasteiger partial charge in [0.05, 0.1) is 17.5 Å². The highest BCUT2D eigenvalue weighted by atomic mass is 32.2. The summed E-state index contributed by atoms with van der Waals surface area (Å²) in [6.07, 6.45) is 0.401. The van der Waals surface area contributed by atoms with Crippen LogP contribution in [0.3, 0.4) is 0 Å². The van der Waals surface area contributed by atoms with Crippen LogP contribution in [0.5, 0.6) is 0 Å². The van der Waals surface area contributed by atoms with Gasteiger partial charge >= 0.3 is 0 Å². The monoisotopic (exact) mass is 380 g/mol. The van der Waals surface area contributed by atoms with Gasteiger partial charge in [-0.3, -0.25) is 4.79 Å². The van der Waals surface area contributed by atoms with Gasteiger partial charge in [0.2, 0.25) is 5.91 Å². The van der Waals surface area contributed by atoms with Crippen LogP contribution >= 0.6 is 11.8 Å². The number of amidine groups is 1. The molecule has 2 aliphatic rings. The predicted octanol–water partition coefficient (Wildman–Crippen LogP) is 2.95. The molecule has 0 aliphatic carbocycles. The van der Waals surface area contributed by atoms with Crippen molar-refractivity contribution >= 4 is 38.4 Å². The highest BCUT2D eigenvalue weighted by Crippen LogP contribution is 2.41. The highest BCUT2D eigenvalue weighted by Gasteiger charge is 2.49. The summed E-state index contributed by atoms with van der Waals surface area (Å²) >= 11 is 1.43. The summed E-state index contributed by atoms with van der Waals surface area (Å²) in [5.41, 5.74) is 3.23. The Balaban J connectivity index is 1.99. The maximum absolute atomic E-state index is 12.2. The SMILES string of the molecule is Cc1ccc(N2C(=NC(=O)CC(C)C)S[C@H]3CS(=O)(=O)C[C@H]32)cc1C. The van der Waals surface area contributed by atoms with Gasteiger partial charge in [0.1, 0.15) is 0 Å². The molecule has 25 heavy (non-hydrogen) atoms. The van der Waals surface area contributed by atoms with Crippen LogP contribution in [-0.2, 0) is 14.6 Å². The Hall–Kier alpha value is -1.34. The zero-order chi connectivity index (χ0) is 18.4. The molecule has 0 unspecified atom stereocenters. The van der Waals surface area contributed by atoms with Gasteiger partial charge in [0.15, 0.2) is 15.0 Å². The molecule has 2 fully saturated rings. The summed E-state index contributed by atoms with van der Waals surface area (Å²) in [5, 5.41) is 0.580. The third-order valence-electron chi connectivity index (χ3n) is 4.64. The lowest BCUT2D eigenvalue weighted by Crippen LogP contribution is -2.37. The number of aliphatic imine (C=N–C) groups is 1. The third kappa shape index (κ3) is 3.92. The molecule has 1 amide bonds. The number of thioether (sulfide) groups is 1. The molecule has 1 aromatic rings. The van der Waals surface area contributed by atoms with Gasteiger partial charge in [-0.15, -0.1) is 0 Å². The van der Waals surface area contributed by atoms with E-state index in [4.69, 9.17) is 0 Å². The average Bonchev–Trinajstić information content (AvgIpc) is 2.92. The Labute approximate surface area is 153 Å². The van der Waals surface area contributed by atoms with Gasteiger partial charge in [0.25, 0.3) is 0 Å². The van der Waals surface area contributed by atoms with Crippen LogP contribution in [0.15, 0.2) is 23.2 Å². The molecule has 3 rings (SSSR count). The van der Waals surface area contributed by atoms with E-state index in [1.165, 1.54) is 17.3 Å². The van der Waals surface area contributed by atoms with E-state index < -0.39 is 9.84 Å². The van der Waals surface area contributed by atoms with Gasteiger partial charge in [-0.25, -0.2) is 8.42 Å². The second kappa shape index (κ2) is 6.76. The number of carbonyl (C=O) groups excluding carboxylic acids is 1. The van der Waals surface area contributed by atoms with Crippen LogP contribution in [0.1, 0.15) is 31.4 Å². The van der Waals surface area contributed by atoms with E-state index in [9.17, 15) is 13.2 Å². The Morgan fingerprint density at radius 3 is 2.64 bits per heavy atom. The summed E-state index contributed by atoms with van der Waals surface area (Å²) in [4.78, 5) is 18.5. The van der Waals surface area contributed by atoms with Crippen LogP contribution in [-0.4, -0.2) is 42.3 Å². The van der Waals surface area contributed by atoms with Gasteiger partial charge < -0.3 is 4.90 Å². The Morgan fingerprint density at radius 1 is 1.28 bits per heavy atom. The Morgan fingerprint density at radius 2 is 2.00 bits per heavy atom. The number of nitrogens with zero attached hydrogens (tertiary/aromatic N) is 2. The molecule has 0 bridgehead atoms. The largest absolute Gasteiger partial charge is 0.316 e. The van der Waals surface area contributed by atoms with Crippen LogP contribution in [0.4, 0.5) is 5.69 Å². The van der Waals surface area contributed by atoms with Crippen LogP contribution in [0.25, 0.3) is 0 Å². The molecule has 0 aromatic heterocycles. The summed E-state index contributed by atoms with van der Waals surface area (Å²) in [7, 11) is -3.04. The minimum atomic E-state index is -3.04. The average molecular weight is 381 g/mol. The summed E-state index contributed by atoms with van der Waals surface area (Å²) in [6.45, 7) is 8.05. The van der Waals surface area contributed by atoms with Crippen molar-refractivity contribution in [2.24, 2.45) is 10.9 Å². The first-order chi connectivity index (χ1) is 11.7. The zero-order valence-electron chi connectivity index (χ0n) is 15.0. The van der Waals surface area contributed by atoms with E-state index in [1.54, 1.807) is 0 Å². The zero-order valence-corrected chi connectivity index (χ0v) is 16.7. The molecule has 2 saturated heterocycles. The lowest BCUT2D eigenvalue weighted by Gasteiger charge is -2.25. The van der Waals surface area contributed by atoms with E-state index >= 15 is 0 Å². The molecule has 2 aliphatic heterocycles. The van der Waals surface area contributed by atoms with Crippen LogP contribution in [0.2, 0.25) is 0 Å². The first-order valence-corrected chi connectivity index (χ1v) is 11.2. The number of rotatable bonds is 3. The first kappa shape index (κ1) is 18.5. The number of amides is 1. The molecule has 0 saturated carbocycles. The normalized spacial score (nSPS) is 26.4. The molecule has 5 nitrogen and oxygen atoms in total. The fourth-order valence-electron chi connectivity index (χ4n) is 3.24. The van der Waals surface area contributed by atoms with E-state index in [2.05, 4.69) is 4.99 Å². The Kier molecular flexibility index (Phi) is 4.99. The summed E-state index contributed by atoms with van der Waals surface area (Å²) in [5.74, 6) is 0.378. The lowest BCUT2D eigenvalue weighted by molar-refractivity contribution is -0.118. The number of hydrogen-bond donors (Lipinski definition) is 0. The summed E-state index contributed by atoms with van der Waals surface area (Å²) in [6, 6.07) is 5.91. The topological polar surface area (TPSA) is 66.8 Å². The third-order valence-corrected chi connectivity index (χ3v) is 7.85. The number of anilines is 1. The predicted molar refractivity (Wildman–Crippen MR) is 104 cm³/mol. The minimum Gasteiger partial charge on any atom is -0.316 e. The van der Waals surface area contributed by atoms with Crippen molar-refractivity contribution < 1.29 is 13.2 Å². The van der Waals surface area contributed by atoms with Gasteiger partial charge in [-0.2, -0.15) is 4.99 Å². The molecule has 0 radical (unpaired) electrons. The molecular weight excluding hydrogens is 356 g/mol. The van der Waals surface area contributed by atoms with E-state index in [1.807, 2.05) is 50.8 Å². The van der Waals surface area contributed by atoms with Gasteiger partial charge in [-0.05, 0) is 43.0 Å². The molecule has 1 aromatic carbocycles. The van der Waals surface area contributed by atoms with Crippen molar-refractivity contribution in [1.29, 1.82) is 0 Å². The molecule has 136 valence electrons. The molecule has 2 atom stereocenters. The van der Waals surface area contributed by atoms with Crippen molar-refractivity contribution in [3.8, 4) is 0 Å². The van der Waals surface area contributed by atoms with Crippen molar-refractivity contribution in [3.63, 3.8) is 0 Å². The molecule has 7 heteroatoms. The second-order valence-electron chi connectivity index (χ2n) is 7.33. The highest BCUT2D eigenvalue weighted by molar-refractivity contribution is 8.16. The van der Waals surface area contributed by atoms with Crippen molar-refractivity contribution in [1.82, 2.24) is 0 Å². The van der Waals surface area contributed by atoms with E-state index in [0.29, 0.717) is 11.6 Å². The van der Waals surface area contributed by atoms with Gasteiger partial charge in [0, 0.05) is 17.4 Å². The maximum atomic E-state index is 12.2. The standard InChI is InChI=1S/C18H24N2O3S2/c1-11(2)7-17(21)19-18-20(14-6-5-12(3)13(4)8-14)15-9-25(22,23)10-16(15)24-18/h5-6,8,11,15-16H,7,9-10H2,1-4H3/t15-,16+/m1/s1. The number of fused-ring (bicyclic) bond motifs is 1. The number of hydrogen-bond acceptors (Lipinski definition) is 4. The number of sulfone groups is 1. The minimum absolute atomic E-state index is 0.0581. The van der Waals surface area contributed by atoms with Crippen LogP contribution in [0, 0.1) is 19.8 Å².